The quantitative estimate of drug-likeness (QED) is 0.105. The van der Waals surface area contributed by atoms with E-state index >= 15 is 0 Å². The fraction of sp³-hybridized carbons (Fsp3) is 0.729. The van der Waals surface area contributed by atoms with Crippen molar-refractivity contribution in [2.24, 2.45) is 17.8 Å². The summed E-state index contributed by atoms with van der Waals surface area (Å²) in [5, 5.41) is 16.5. The Hall–Kier alpha value is -4.93. The number of alkyl carbamates (subject to hydrolysis) is 2. The van der Waals surface area contributed by atoms with Crippen molar-refractivity contribution in [3.05, 3.63) is 35.9 Å². The fourth-order valence-corrected chi connectivity index (χ4v) is 8.13. The predicted molar refractivity (Wildman–Crippen MR) is 247 cm³/mol. The maximum atomic E-state index is 14.6. The lowest BCUT2D eigenvalue weighted by molar-refractivity contribution is -0.147. The van der Waals surface area contributed by atoms with Crippen LogP contribution in [0.25, 0.3) is 0 Å². The molecule has 2 fully saturated rings. The average Bonchev–Trinajstić information content (AvgIpc) is 3.54. The van der Waals surface area contributed by atoms with Crippen molar-refractivity contribution in [3.8, 4) is 0 Å². The number of nitrogens with one attached hydrogen (secondary N) is 6. The summed E-state index contributed by atoms with van der Waals surface area (Å²) >= 11 is 0. The van der Waals surface area contributed by atoms with E-state index in [0.717, 1.165) is 56.9 Å². The lowest BCUT2D eigenvalue weighted by atomic mass is 9.90. The summed E-state index contributed by atoms with van der Waals surface area (Å²) in [6, 6.07) is 3.49. The Morgan fingerprint density at radius 2 is 1.40 bits per heavy atom. The summed E-state index contributed by atoms with van der Waals surface area (Å²) in [6.45, 7) is 13.7. The van der Waals surface area contributed by atoms with E-state index in [-0.39, 0.29) is 31.0 Å². The first-order valence-corrected chi connectivity index (χ1v) is 23.8. The predicted octanol–water partition coefficient (Wildman–Crippen LogP) is 5.25. The summed E-state index contributed by atoms with van der Waals surface area (Å²) in [5.74, 6) is -3.94. The number of benzene rings is 1. The van der Waals surface area contributed by atoms with E-state index in [0.29, 0.717) is 25.7 Å². The summed E-state index contributed by atoms with van der Waals surface area (Å²) in [4.78, 5) is 99.4. The zero-order valence-electron chi connectivity index (χ0n) is 40.4. The van der Waals surface area contributed by atoms with Gasteiger partial charge in [0.25, 0.3) is 0 Å². The zero-order valence-corrected chi connectivity index (χ0v) is 40.4. The van der Waals surface area contributed by atoms with E-state index in [2.05, 4.69) is 38.8 Å². The highest BCUT2D eigenvalue weighted by molar-refractivity contribution is 5.96. The van der Waals surface area contributed by atoms with E-state index in [1.165, 1.54) is 4.90 Å². The molecule has 0 aromatic heterocycles. The van der Waals surface area contributed by atoms with E-state index in [1.807, 2.05) is 19.9 Å². The largest absolute Gasteiger partial charge is 0.445 e. The van der Waals surface area contributed by atoms with Crippen LogP contribution in [0.1, 0.15) is 138 Å². The van der Waals surface area contributed by atoms with Gasteiger partial charge < -0.3 is 51.0 Å². The van der Waals surface area contributed by atoms with Crippen LogP contribution in [0.3, 0.4) is 0 Å². The molecule has 0 unspecified atom stereocenters. The molecule has 0 bridgehead atoms. The fourth-order valence-electron chi connectivity index (χ4n) is 8.13. The molecule has 1 aromatic carbocycles. The number of nitrogens with zero attached hydrogens (tertiary/aromatic N) is 1. The molecule has 1 aliphatic heterocycles. The van der Waals surface area contributed by atoms with Crippen LogP contribution in [0.5, 0.6) is 0 Å². The molecular weight excluding hydrogens is 835 g/mol. The van der Waals surface area contributed by atoms with Crippen LogP contribution >= 0.6 is 0 Å². The minimum atomic E-state index is -1.48. The molecule has 17 heteroatoms. The van der Waals surface area contributed by atoms with Gasteiger partial charge in [-0.05, 0) is 70.8 Å². The maximum absolute atomic E-state index is 14.6. The first-order chi connectivity index (χ1) is 30.8. The van der Waals surface area contributed by atoms with Crippen LogP contribution in [0.2, 0.25) is 0 Å². The summed E-state index contributed by atoms with van der Waals surface area (Å²) in [5.41, 5.74) is -0.134. The highest BCUT2D eigenvalue weighted by atomic mass is 16.6. The molecule has 17 nitrogen and oxygen atoms in total. The third-order valence-corrected chi connectivity index (χ3v) is 11.8. The van der Waals surface area contributed by atoms with Crippen LogP contribution in [-0.2, 0) is 44.8 Å². The van der Waals surface area contributed by atoms with Crippen LogP contribution in [0.15, 0.2) is 30.3 Å². The molecule has 7 atom stereocenters. The van der Waals surface area contributed by atoms with E-state index in [9.17, 15) is 33.6 Å². The summed E-state index contributed by atoms with van der Waals surface area (Å²) in [6.07, 6.45) is 7.30. The summed E-state index contributed by atoms with van der Waals surface area (Å²) < 4.78 is 17.2. The minimum Gasteiger partial charge on any atom is -0.445 e. The lowest BCUT2D eigenvalue weighted by Gasteiger charge is -2.35. The van der Waals surface area contributed by atoms with Crippen LogP contribution in [0.4, 0.5) is 9.59 Å². The van der Waals surface area contributed by atoms with Crippen molar-refractivity contribution in [2.75, 3.05) is 26.7 Å². The number of hydrogen-bond acceptors (Lipinski definition) is 10. The first kappa shape index (κ1) is 54.4. The number of ether oxygens (including phenoxy) is 3. The second-order valence-corrected chi connectivity index (χ2v) is 19.2. The monoisotopic (exact) mass is 914 g/mol. The Labute approximate surface area is 386 Å². The Kier molecular flexibility index (Phi) is 23.0. The number of rotatable bonds is 14. The van der Waals surface area contributed by atoms with Gasteiger partial charge in [0.05, 0.1) is 31.7 Å². The molecule has 3 rings (SSSR count). The van der Waals surface area contributed by atoms with E-state index in [1.54, 1.807) is 65.9 Å². The number of amides is 7. The van der Waals surface area contributed by atoms with Crippen LogP contribution in [0, 0.1) is 17.8 Å². The molecule has 1 aromatic rings. The third-order valence-electron chi connectivity index (χ3n) is 11.8. The summed E-state index contributed by atoms with van der Waals surface area (Å²) in [7, 11) is 1.61. The second-order valence-electron chi connectivity index (χ2n) is 19.2. The molecule has 0 spiro atoms. The van der Waals surface area contributed by atoms with Crippen molar-refractivity contribution in [1.82, 2.24) is 36.8 Å². The molecule has 1 heterocycles. The van der Waals surface area contributed by atoms with Gasteiger partial charge in [-0.2, -0.15) is 0 Å². The Morgan fingerprint density at radius 1 is 0.800 bits per heavy atom. The molecule has 2 aliphatic rings. The SMILES string of the molecule is CCCCCC[C@H]1OC[C@@H](C)NC(=O)[C@H](CNC(=O)OCc2ccccc2)NC(=O)[C@H](CNC(=O)OC(C)(C)C)NC(=O)[C@H](C2CCCCCC2)NC(=O)[C@H](CC(C)C)N(C)C(=O)[C@@H]1C. The molecule has 6 N–H and O–H groups in total. The van der Waals surface area contributed by atoms with Crippen LogP contribution < -0.4 is 31.9 Å². The molecule has 1 saturated carbocycles. The second kappa shape index (κ2) is 27.5. The Morgan fingerprint density at radius 3 is 2.00 bits per heavy atom. The zero-order chi connectivity index (χ0) is 48.1. The van der Waals surface area contributed by atoms with Crippen molar-refractivity contribution < 1.29 is 47.8 Å². The van der Waals surface area contributed by atoms with Crippen LogP contribution in [-0.4, -0.2) is 115 Å². The number of carbonyl (C=O) groups is 7. The minimum absolute atomic E-state index is 0.00813. The number of likely N-dealkylation sites (N-methyl/N-ethyl adjacent to an activating group) is 1. The van der Waals surface area contributed by atoms with Crippen molar-refractivity contribution >= 4 is 41.7 Å². The molecule has 7 amide bonds. The topological polar surface area (TPSA) is 223 Å². The van der Waals surface area contributed by atoms with Gasteiger partial charge in [0.15, 0.2) is 0 Å². The maximum Gasteiger partial charge on any atom is 0.407 e. The van der Waals surface area contributed by atoms with E-state index < -0.39 is 96.7 Å². The number of unbranched alkanes of at least 4 members (excludes halogenated alkanes) is 3. The molecular formula is C48H79N7O10. The van der Waals surface area contributed by atoms with Gasteiger partial charge in [0.2, 0.25) is 29.5 Å². The van der Waals surface area contributed by atoms with Gasteiger partial charge in [-0.1, -0.05) is 109 Å². The molecule has 0 radical (unpaired) electrons. The molecule has 1 aliphatic carbocycles. The molecule has 65 heavy (non-hydrogen) atoms. The van der Waals surface area contributed by atoms with Gasteiger partial charge in [-0.25, -0.2) is 9.59 Å². The highest BCUT2D eigenvalue weighted by Gasteiger charge is 2.39. The normalized spacial score (nSPS) is 25.1. The van der Waals surface area contributed by atoms with Crippen molar-refractivity contribution in [2.45, 2.75) is 181 Å². The Bertz CT molecular complexity index is 1680. The standard InChI is InChI=1S/C48H79N7O10/c1-10-11-12-20-25-39-33(5)45(60)55(9)38(26-31(2)3)43(58)54-40(35-23-18-13-14-19-24-35)44(59)53-37(28-50-47(62)65-48(6,7)8)42(57)52-36(41(56)51-32(4)29-63-39)27-49-46(61)64-30-34-21-16-15-17-22-34/h15-17,21-22,31-33,35-40H,10-14,18-20,23-30H2,1-9H3,(H,49,61)(H,50,62)(H,51,56)(H,52,57)(H,53,59)(H,54,58)/t32-,33-,36+,37+,38+,39-,40+/m1/s1. The first-order valence-electron chi connectivity index (χ1n) is 23.8. The van der Waals surface area contributed by atoms with Gasteiger partial charge in [-0.3, -0.25) is 24.0 Å². The van der Waals surface area contributed by atoms with Gasteiger partial charge in [-0.15, -0.1) is 0 Å². The molecule has 1 saturated heterocycles. The third kappa shape index (κ3) is 19.6. The smallest absolute Gasteiger partial charge is 0.407 e. The average molecular weight is 914 g/mol. The highest BCUT2D eigenvalue weighted by Crippen LogP contribution is 2.27. The van der Waals surface area contributed by atoms with Gasteiger partial charge in [0.1, 0.15) is 36.4 Å². The van der Waals surface area contributed by atoms with E-state index in [4.69, 9.17) is 14.2 Å². The van der Waals surface area contributed by atoms with Crippen molar-refractivity contribution in [3.63, 3.8) is 0 Å². The Balaban J connectivity index is 2.08. The van der Waals surface area contributed by atoms with Gasteiger partial charge in [0, 0.05) is 13.1 Å². The lowest BCUT2D eigenvalue weighted by Crippen LogP contribution is -2.63. The van der Waals surface area contributed by atoms with Crippen molar-refractivity contribution in [1.29, 1.82) is 0 Å². The number of carbonyl (C=O) groups excluding carboxylic acids is 7. The molecule has 366 valence electrons. The number of hydrogen-bond donors (Lipinski definition) is 6. The van der Waals surface area contributed by atoms with Gasteiger partial charge >= 0.3 is 12.2 Å².